The van der Waals surface area contributed by atoms with Crippen LogP contribution in [0.4, 0.5) is 0 Å². The van der Waals surface area contributed by atoms with E-state index in [1.807, 2.05) is 0 Å². The molecule has 0 saturated carbocycles. The van der Waals surface area contributed by atoms with Gasteiger partial charge < -0.3 is 4.98 Å². The van der Waals surface area contributed by atoms with Crippen LogP contribution in [-0.4, -0.2) is 15.4 Å². The quantitative estimate of drug-likeness (QED) is 0.806. The van der Waals surface area contributed by atoms with Gasteiger partial charge in [-0.05, 0) is 19.1 Å². The molecule has 5 heteroatoms. The predicted octanol–water partition coefficient (Wildman–Crippen LogP) is 1.49. The molecular weight excluding hydrogens is 228 g/mol. The second-order valence-corrected chi connectivity index (χ2v) is 3.96. The van der Waals surface area contributed by atoms with Gasteiger partial charge >= 0.3 is 5.69 Å². The summed E-state index contributed by atoms with van der Waals surface area (Å²) in [5.74, 6) is 0.224. The smallest absolute Gasteiger partial charge is 0.307 e. The largest absolute Gasteiger partial charge is 0.329 e. The van der Waals surface area contributed by atoms with Crippen molar-refractivity contribution >= 4 is 22.5 Å². The third-order valence-corrected chi connectivity index (χ3v) is 2.95. The van der Waals surface area contributed by atoms with E-state index in [1.54, 1.807) is 31.2 Å². The summed E-state index contributed by atoms with van der Waals surface area (Å²) in [6, 6.07) is 6.60. The Labute approximate surface area is 96.5 Å². The number of nitrogens with one attached hydrogen (secondary N) is 1. The number of halogens is 1. The summed E-state index contributed by atoms with van der Waals surface area (Å²) >= 11 is 5.67. The fourth-order valence-electron chi connectivity index (χ4n) is 1.65. The van der Waals surface area contributed by atoms with Crippen molar-refractivity contribution in [2.45, 2.75) is 13.0 Å². The molecule has 0 aliphatic carbocycles. The van der Waals surface area contributed by atoms with Crippen LogP contribution < -0.4 is 11.2 Å². The molecule has 0 radical (unpaired) electrons. The highest BCUT2D eigenvalue weighted by molar-refractivity contribution is 6.18. The van der Waals surface area contributed by atoms with Crippen molar-refractivity contribution in [2.75, 3.05) is 5.88 Å². The molecule has 1 unspecified atom stereocenters. The number of benzene rings is 1. The molecule has 1 aromatic carbocycles. The number of rotatable bonds is 2. The van der Waals surface area contributed by atoms with Crippen LogP contribution in [0.1, 0.15) is 13.0 Å². The van der Waals surface area contributed by atoms with Gasteiger partial charge in [0, 0.05) is 5.88 Å². The maximum atomic E-state index is 12.0. The first-order valence-electron chi connectivity index (χ1n) is 4.94. The first-order valence-corrected chi connectivity index (χ1v) is 5.48. The van der Waals surface area contributed by atoms with Gasteiger partial charge in [0.05, 0.1) is 16.9 Å². The van der Waals surface area contributed by atoms with Gasteiger partial charge in [-0.3, -0.25) is 9.36 Å². The van der Waals surface area contributed by atoms with E-state index in [-0.39, 0.29) is 17.5 Å². The fraction of sp³-hybridized carbons (Fsp3) is 0.273. The van der Waals surface area contributed by atoms with Gasteiger partial charge in [0.1, 0.15) is 0 Å². The first-order chi connectivity index (χ1) is 7.65. The summed E-state index contributed by atoms with van der Waals surface area (Å²) < 4.78 is 1.15. The molecule has 2 rings (SSSR count). The number of fused-ring (bicyclic) bond motifs is 1. The molecule has 4 nitrogen and oxygen atoms in total. The zero-order chi connectivity index (χ0) is 11.7. The zero-order valence-electron chi connectivity index (χ0n) is 8.74. The van der Waals surface area contributed by atoms with Crippen LogP contribution in [0.5, 0.6) is 0 Å². The van der Waals surface area contributed by atoms with Gasteiger partial charge in [-0.25, -0.2) is 4.79 Å². The normalized spacial score (nSPS) is 12.9. The molecule has 0 aliphatic heterocycles. The minimum atomic E-state index is -0.420. The van der Waals surface area contributed by atoms with Crippen LogP contribution in [0.15, 0.2) is 33.9 Å². The van der Waals surface area contributed by atoms with Crippen LogP contribution in [0.2, 0.25) is 0 Å². The lowest BCUT2D eigenvalue weighted by molar-refractivity contribution is 0.557. The number of H-pyrrole nitrogens is 1. The van der Waals surface area contributed by atoms with Crippen molar-refractivity contribution in [1.29, 1.82) is 0 Å². The number of aromatic nitrogens is 2. The van der Waals surface area contributed by atoms with Crippen LogP contribution >= 0.6 is 11.6 Å². The Bertz CT molecular complexity index is 630. The number of hydrogen-bond donors (Lipinski definition) is 1. The minimum absolute atomic E-state index is 0.224. The summed E-state index contributed by atoms with van der Waals surface area (Å²) in [4.78, 5) is 26.4. The van der Waals surface area contributed by atoms with Gasteiger partial charge in [-0.2, -0.15) is 0 Å². The number of alkyl halides is 1. The fourth-order valence-corrected chi connectivity index (χ4v) is 1.78. The lowest BCUT2D eigenvalue weighted by Gasteiger charge is -2.11. The lowest BCUT2D eigenvalue weighted by atomic mass is 10.2. The van der Waals surface area contributed by atoms with E-state index in [0.29, 0.717) is 10.9 Å². The van der Waals surface area contributed by atoms with Crippen LogP contribution in [0.3, 0.4) is 0 Å². The van der Waals surface area contributed by atoms with Gasteiger partial charge in [0.2, 0.25) is 0 Å². The van der Waals surface area contributed by atoms with Crippen molar-refractivity contribution in [3.8, 4) is 0 Å². The van der Waals surface area contributed by atoms with Crippen molar-refractivity contribution in [3.05, 3.63) is 45.1 Å². The van der Waals surface area contributed by atoms with E-state index in [1.165, 1.54) is 0 Å². The van der Waals surface area contributed by atoms with Gasteiger partial charge in [-0.1, -0.05) is 12.1 Å². The molecule has 0 saturated heterocycles. The molecule has 16 heavy (non-hydrogen) atoms. The molecule has 84 valence electrons. The predicted molar refractivity (Wildman–Crippen MR) is 64.3 cm³/mol. The highest BCUT2D eigenvalue weighted by atomic mass is 35.5. The van der Waals surface area contributed by atoms with E-state index in [0.717, 1.165) is 4.57 Å². The van der Waals surface area contributed by atoms with Gasteiger partial charge in [0.25, 0.3) is 5.56 Å². The van der Waals surface area contributed by atoms with E-state index in [4.69, 9.17) is 11.6 Å². The van der Waals surface area contributed by atoms with Crippen molar-refractivity contribution in [3.63, 3.8) is 0 Å². The monoisotopic (exact) mass is 238 g/mol. The van der Waals surface area contributed by atoms with E-state index in [2.05, 4.69) is 4.98 Å². The van der Waals surface area contributed by atoms with Crippen molar-refractivity contribution in [2.24, 2.45) is 0 Å². The molecule has 2 aromatic rings. The lowest BCUT2D eigenvalue weighted by Crippen LogP contribution is -2.37. The zero-order valence-corrected chi connectivity index (χ0v) is 9.49. The Hall–Kier alpha value is -1.55. The molecule has 0 spiro atoms. The maximum Gasteiger partial charge on any atom is 0.329 e. The average Bonchev–Trinajstić information content (AvgIpc) is 2.28. The Kier molecular flexibility index (Phi) is 2.83. The average molecular weight is 239 g/mol. The Morgan fingerprint density at radius 3 is 2.75 bits per heavy atom. The second-order valence-electron chi connectivity index (χ2n) is 3.65. The molecule has 1 N–H and O–H groups in total. The highest BCUT2D eigenvalue weighted by Crippen LogP contribution is 2.06. The third-order valence-electron chi connectivity index (χ3n) is 2.50. The summed E-state index contributed by atoms with van der Waals surface area (Å²) in [6.07, 6.45) is 0. The Balaban J connectivity index is 2.87. The second kappa shape index (κ2) is 4.14. The summed E-state index contributed by atoms with van der Waals surface area (Å²) in [5, 5.41) is 0.499. The van der Waals surface area contributed by atoms with E-state index in [9.17, 15) is 9.59 Å². The SMILES string of the molecule is CC(CCl)n1c(=O)[nH]c2ccccc2c1=O. The molecule has 0 aliphatic rings. The van der Waals surface area contributed by atoms with Gasteiger partial charge in [0.15, 0.2) is 0 Å². The molecule has 1 aromatic heterocycles. The van der Waals surface area contributed by atoms with Gasteiger partial charge in [-0.15, -0.1) is 11.6 Å². The molecule has 0 amide bonds. The maximum absolute atomic E-state index is 12.0. The minimum Gasteiger partial charge on any atom is -0.307 e. The van der Waals surface area contributed by atoms with E-state index < -0.39 is 5.69 Å². The van der Waals surface area contributed by atoms with Crippen molar-refractivity contribution in [1.82, 2.24) is 9.55 Å². The third kappa shape index (κ3) is 1.65. The number of nitrogens with zero attached hydrogens (tertiary/aromatic N) is 1. The molecule has 1 heterocycles. The Morgan fingerprint density at radius 1 is 1.38 bits per heavy atom. The van der Waals surface area contributed by atoms with Crippen LogP contribution in [0, 0.1) is 0 Å². The van der Waals surface area contributed by atoms with Crippen molar-refractivity contribution < 1.29 is 0 Å². The number of para-hydroxylation sites is 1. The molecular formula is C11H11ClN2O2. The standard InChI is InChI=1S/C11H11ClN2O2/c1-7(6-12)14-10(15)8-4-2-3-5-9(8)13-11(14)16/h2-5,7H,6H2,1H3,(H,13,16). The summed E-state index contributed by atoms with van der Waals surface area (Å²) in [7, 11) is 0. The molecule has 0 bridgehead atoms. The number of aromatic amines is 1. The molecule has 0 fully saturated rings. The Morgan fingerprint density at radius 2 is 2.06 bits per heavy atom. The first kappa shape index (κ1) is 11.0. The topological polar surface area (TPSA) is 54.9 Å². The highest BCUT2D eigenvalue weighted by Gasteiger charge is 2.11. The summed E-state index contributed by atoms with van der Waals surface area (Å²) in [5.41, 5.74) is -0.167. The summed E-state index contributed by atoms with van der Waals surface area (Å²) in [6.45, 7) is 1.73. The number of hydrogen-bond acceptors (Lipinski definition) is 2. The van der Waals surface area contributed by atoms with Crippen LogP contribution in [-0.2, 0) is 0 Å². The van der Waals surface area contributed by atoms with E-state index >= 15 is 0 Å². The van der Waals surface area contributed by atoms with Crippen LogP contribution in [0.25, 0.3) is 10.9 Å². The molecule has 1 atom stereocenters.